The lowest BCUT2D eigenvalue weighted by Crippen LogP contribution is -2.11. The number of para-hydroxylation sites is 1. The number of nitrogens with zero attached hydrogens (tertiary/aromatic N) is 5. The van der Waals surface area contributed by atoms with Crippen LogP contribution in [0.2, 0.25) is 0 Å². The Bertz CT molecular complexity index is 1140. The van der Waals surface area contributed by atoms with Crippen molar-refractivity contribution < 1.29 is 14.3 Å². The van der Waals surface area contributed by atoms with E-state index in [0.717, 1.165) is 16.6 Å². The summed E-state index contributed by atoms with van der Waals surface area (Å²) in [5.41, 5.74) is 2.54. The van der Waals surface area contributed by atoms with Crippen LogP contribution in [0.25, 0.3) is 16.6 Å². The standard InChI is InChI=1S/C20H17N5O3/c1-13-17(11-14-10-16(27-2)8-9-18(14)21-13)20(26)28-12-19-22-23-24-25(19)15-6-4-3-5-7-15/h3-11H,12H2,1-2H3. The third-order valence-electron chi connectivity index (χ3n) is 4.30. The van der Waals surface area contributed by atoms with E-state index in [1.807, 2.05) is 48.5 Å². The van der Waals surface area contributed by atoms with Gasteiger partial charge in [0.25, 0.3) is 0 Å². The van der Waals surface area contributed by atoms with Crippen LogP contribution in [-0.2, 0) is 11.3 Å². The summed E-state index contributed by atoms with van der Waals surface area (Å²) in [6.07, 6.45) is 0. The first-order valence-corrected chi connectivity index (χ1v) is 8.61. The third-order valence-corrected chi connectivity index (χ3v) is 4.30. The fourth-order valence-corrected chi connectivity index (χ4v) is 2.86. The minimum atomic E-state index is -0.489. The highest BCUT2D eigenvalue weighted by molar-refractivity contribution is 5.95. The van der Waals surface area contributed by atoms with Crippen molar-refractivity contribution in [2.45, 2.75) is 13.5 Å². The monoisotopic (exact) mass is 375 g/mol. The maximum absolute atomic E-state index is 12.6. The van der Waals surface area contributed by atoms with E-state index in [4.69, 9.17) is 9.47 Å². The highest BCUT2D eigenvalue weighted by atomic mass is 16.5. The molecule has 0 aliphatic carbocycles. The van der Waals surface area contributed by atoms with Gasteiger partial charge in [0.2, 0.25) is 0 Å². The third kappa shape index (κ3) is 3.39. The first-order valence-electron chi connectivity index (χ1n) is 8.61. The van der Waals surface area contributed by atoms with Gasteiger partial charge in [-0.3, -0.25) is 4.98 Å². The summed E-state index contributed by atoms with van der Waals surface area (Å²) in [5.74, 6) is 0.629. The molecule has 0 aliphatic heterocycles. The van der Waals surface area contributed by atoms with Crippen LogP contribution >= 0.6 is 0 Å². The first kappa shape index (κ1) is 17.6. The molecule has 0 saturated carbocycles. The average Bonchev–Trinajstić information content (AvgIpc) is 3.20. The van der Waals surface area contributed by atoms with Crippen molar-refractivity contribution in [1.82, 2.24) is 25.2 Å². The lowest BCUT2D eigenvalue weighted by molar-refractivity contribution is 0.0458. The van der Waals surface area contributed by atoms with Crippen molar-refractivity contribution >= 4 is 16.9 Å². The second-order valence-corrected chi connectivity index (χ2v) is 6.10. The molecule has 0 unspecified atom stereocenters. The molecule has 4 rings (SSSR count). The Balaban J connectivity index is 1.56. The molecule has 0 radical (unpaired) electrons. The van der Waals surface area contributed by atoms with Crippen molar-refractivity contribution in [2.75, 3.05) is 7.11 Å². The van der Waals surface area contributed by atoms with E-state index < -0.39 is 5.97 Å². The molecule has 0 saturated heterocycles. The SMILES string of the molecule is COc1ccc2nc(C)c(C(=O)OCc3nnnn3-c3ccccc3)cc2c1. The Morgan fingerprint density at radius 2 is 1.93 bits per heavy atom. The van der Waals surface area contributed by atoms with Gasteiger partial charge in [-0.15, -0.1) is 5.10 Å². The van der Waals surface area contributed by atoms with E-state index in [-0.39, 0.29) is 6.61 Å². The molecule has 0 spiro atoms. The molecule has 8 nitrogen and oxygen atoms in total. The van der Waals surface area contributed by atoms with Gasteiger partial charge in [0.1, 0.15) is 5.75 Å². The molecule has 2 aromatic heterocycles. The largest absolute Gasteiger partial charge is 0.497 e. The number of pyridine rings is 1. The first-order chi connectivity index (χ1) is 13.7. The number of rotatable bonds is 5. The molecule has 4 aromatic rings. The quantitative estimate of drug-likeness (QED) is 0.495. The number of methoxy groups -OCH3 is 1. The summed E-state index contributed by atoms with van der Waals surface area (Å²) in [6.45, 7) is 1.71. The number of hydrogen-bond acceptors (Lipinski definition) is 7. The average molecular weight is 375 g/mol. The lowest BCUT2D eigenvalue weighted by Gasteiger charge is -2.09. The zero-order chi connectivity index (χ0) is 19.5. The van der Waals surface area contributed by atoms with Gasteiger partial charge in [0.15, 0.2) is 12.4 Å². The van der Waals surface area contributed by atoms with Crippen LogP contribution in [0, 0.1) is 6.92 Å². The zero-order valence-electron chi connectivity index (χ0n) is 15.4. The number of benzene rings is 2. The fraction of sp³-hybridized carbons (Fsp3) is 0.150. The van der Waals surface area contributed by atoms with Gasteiger partial charge >= 0.3 is 5.97 Å². The number of fused-ring (bicyclic) bond motifs is 1. The van der Waals surface area contributed by atoms with E-state index in [0.29, 0.717) is 22.8 Å². The predicted octanol–water partition coefficient (Wildman–Crippen LogP) is 2.88. The van der Waals surface area contributed by atoms with Crippen molar-refractivity contribution in [3.8, 4) is 11.4 Å². The van der Waals surface area contributed by atoms with Gasteiger partial charge in [-0.1, -0.05) is 18.2 Å². The summed E-state index contributed by atoms with van der Waals surface area (Å²) in [7, 11) is 1.59. The van der Waals surface area contributed by atoms with Gasteiger partial charge in [0.05, 0.1) is 29.6 Å². The van der Waals surface area contributed by atoms with Gasteiger partial charge in [-0.05, 0) is 53.7 Å². The van der Waals surface area contributed by atoms with Gasteiger partial charge in [-0.25, -0.2) is 4.79 Å². The molecular weight excluding hydrogens is 358 g/mol. The molecule has 0 fully saturated rings. The molecule has 0 atom stereocenters. The highest BCUT2D eigenvalue weighted by Crippen LogP contribution is 2.22. The van der Waals surface area contributed by atoms with Crippen LogP contribution in [0.5, 0.6) is 5.75 Å². The summed E-state index contributed by atoms with van der Waals surface area (Å²) >= 11 is 0. The van der Waals surface area contributed by atoms with Gasteiger partial charge < -0.3 is 9.47 Å². The zero-order valence-corrected chi connectivity index (χ0v) is 15.4. The number of carbonyl (C=O) groups excluding carboxylic acids is 1. The summed E-state index contributed by atoms with van der Waals surface area (Å²) in [4.78, 5) is 17.1. The lowest BCUT2D eigenvalue weighted by atomic mass is 10.1. The smallest absolute Gasteiger partial charge is 0.340 e. The van der Waals surface area contributed by atoms with Crippen molar-refractivity contribution in [1.29, 1.82) is 0 Å². The Morgan fingerprint density at radius 1 is 1.11 bits per heavy atom. The molecule has 2 aromatic carbocycles. The number of aromatic nitrogens is 5. The minimum Gasteiger partial charge on any atom is -0.497 e. The second kappa shape index (κ2) is 7.43. The Labute approximate surface area is 160 Å². The van der Waals surface area contributed by atoms with Crippen molar-refractivity contribution in [3.05, 3.63) is 71.7 Å². The van der Waals surface area contributed by atoms with Crippen LogP contribution in [-0.4, -0.2) is 38.3 Å². The number of tetrazole rings is 1. The molecule has 0 amide bonds. The minimum absolute atomic E-state index is 0.0592. The fourth-order valence-electron chi connectivity index (χ4n) is 2.86. The Morgan fingerprint density at radius 3 is 2.71 bits per heavy atom. The molecule has 2 heterocycles. The maximum Gasteiger partial charge on any atom is 0.340 e. The Kier molecular flexibility index (Phi) is 4.67. The number of aryl methyl sites for hydroxylation is 1. The molecule has 28 heavy (non-hydrogen) atoms. The van der Waals surface area contributed by atoms with Crippen LogP contribution in [0.1, 0.15) is 21.9 Å². The number of esters is 1. The van der Waals surface area contributed by atoms with E-state index in [9.17, 15) is 4.79 Å². The number of carbonyl (C=O) groups is 1. The van der Waals surface area contributed by atoms with E-state index in [1.165, 1.54) is 4.68 Å². The van der Waals surface area contributed by atoms with Crippen LogP contribution in [0.4, 0.5) is 0 Å². The second-order valence-electron chi connectivity index (χ2n) is 6.10. The maximum atomic E-state index is 12.6. The molecule has 140 valence electrons. The summed E-state index contributed by atoms with van der Waals surface area (Å²) in [6, 6.07) is 16.7. The van der Waals surface area contributed by atoms with Crippen LogP contribution in [0.15, 0.2) is 54.6 Å². The van der Waals surface area contributed by atoms with E-state index in [1.54, 1.807) is 20.1 Å². The topological polar surface area (TPSA) is 92.0 Å². The van der Waals surface area contributed by atoms with Gasteiger partial charge in [0, 0.05) is 5.39 Å². The molecule has 0 aliphatic rings. The van der Waals surface area contributed by atoms with Gasteiger partial charge in [-0.2, -0.15) is 4.68 Å². The van der Waals surface area contributed by atoms with E-state index in [2.05, 4.69) is 20.5 Å². The number of ether oxygens (including phenoxy) is 2. The van der Waals surface area contributed by atoms with Crippen molar-refractivity contribution in [3.63, 3.8) is 0 Å². The summed E-state index contributed by atoms with van der Waals surface area (Å²) < 4.78 is 12.2. The predicted molar refractivity (Wildman–Crippen MR) is 101 cm³/mol. The Hall–Kier alpha value is -3.81. The molecule has 8 heteroatoms. The number of hydrogen-bond donors (Lipinski definition) is 0. The van der Waals surface area contributed by atoms with Crippen molar-refractivity contribution in [2.24, 2.45) is 0 Å². The molecule has 0 N–H and O–H groups in total. The summed E-state index contributed by atoms with van der Waals surface area (Å²) in [5, 5.41) is 12.4. The molecular formula is C20H17N5O3. The normalized spacial score (nSPS) is 10.8. The highest BCUT2D eigenvalue weighted by Gasteiger charge is 2.16. The van der Waals surface area contributed by atoms with Crippen LogP contribution < -0.4 is 4.74 Å². The molecule has 0 bridgehead atoms. The van der Waals surface area contributed by atoms with Crippen LogP contribution in [0.3, 0.4) is 0 Å². The van der Waals surface area contributed by atoms with E-state index >= 15 is 0 Å².